The zero-order chi connectivity index (χ0) is 21.9. The molecule has 0 bridgehead atoms. The number of allylic oxidation sites excluding steroid dienone is 1. The van der Waals surface area contributed by atoms with Crippen LogP contribution < -0.4 is 9.47 Å². The molecule has 0 atom stereocenters. The molecule has 0 spiro atoms. The van der Waals surface area contributed by atoms with E-state index in [1.165, 1.54) is 18.2 Å². The first-order valence-electron chi connectivity index (χ1n) is 9.79. The van der Waals surface area contributed by atoms with E-state index in [1.807, 2.05) is 12.1 Å². The molecule has 5 nitrogen and oxygen atoms in total. The largest absolute Gasteiger partial charge is 0.492 e. The van der Waals surface area contributed by atoms with Crippen LogP contribution in [-0.2, 0) is 9.47 Å². The van der Waals surface area contributed by atoms with E-state index in [4.69, 9.17) is 24.2 Å². The number of ether oxygens (including phenoxy) is 4. The van der Waals surface area contributed by atoms with Crippen LogP contribution in [0.15, 0.2) is 36.4 Å². The van der Waals surface area contributed by atoms with Crippen LogP contribution in [0.4, 0.5) is 4.39 Å². The lowest BCUT2D eigenvalue weighted by Gasteiger charge is -2.22. The van der Waals surface area contributed by atoms with E-state index in [0.717, 1.165) is 22.3 Å². The van der Waals surface area contributed by atoms with Crippen molar-refractivity contribution in [1.29, 1.82) is 5.26 Å². The standard InChI is InChI=1S/C24H28FNO4/c1-17(2)21-16-22(30-15-14-29-13-12-27-3)24(28-4)23(20(21)6-5-11-26)18-7-9-19(25)10-8-18/h5-10,16-17H,12-15H2,1-4H3. The maximum Gasteiger partial charge on any atom is 0.169 e. The third kappa shape index (κ3) is 6.06. The first-order chi connectivity index (χ1) is 14.5. The number of methoxy groups -OCH3 is 2. The van der Waals surface area contributed by atoms with Crippen LogP contribution in [-0.4, -0.2) is 40.6 Å². The number of nitriles is 1. The molecular weight excluding hydrogens is 385 g/mol. The van der Waals surface area contributed by atoms with Crippen LogP contribution >= 0.6 is 0 Å². The van der Waals surface area contributed by atoms with E-state index in [1.54, 1.807) is 32.4 Å². The predicted molar refractivity (Wildman–Crippen MR) is 115 cm³/mol. The van der Waals surface area contributed by atoms with Crippen LogP contribution in [0.25, 0.3) is 17.2 Å². The third-order valence-electron chi connectivity index (χ3n) is 4.52. The van der Waals surface area contributed by atoms with Gasteiger partial charge in [0.2, 0.25) is 0 Å². The van der Waals surface area contributed by atoms with Crippen LogP contribution in [0.5, 0.6) is 11.5 Å². The van der Waals surface area contributed by atoms with Crippen molar-refractivity contribution in [1.82, 2.24) is 0 Å². The first-order valence-corrected chi connectivity index (χ1v) is 9.79. The highest BCUT2D eigenvalue weighted by Crippen LogP contribution is 2.45. The number of benzene rings is 2. The fourth-order valence-corrected chi connectivity index (χ4v) is 3.12. The highest BCUT2D eigenvalue weighted by molar-refractivity contribution is 5.85. The summed E-state index contributed by atoms with van der Waals surface area (Å²) >= 11 is 0. The minimum atomic E-state index is -0.323. The van der Waals surface area contributed by atoms with E-state index < -0.39 is 0 Å². The molecule has 2 aromatic carbocycles. The number of halogens is 1. The van der Waals surface area contributed by atoms with Gasteiger partial charge in [-0.2, -0.15) is 5.26 Å². The fourth-order valence-electron chi connectivity index (χ4n) is 3.12. The second kappa shape index (κ2) is 12.0. The molecule has 0 amide bonds. The minimum Gasteiger partial charge on any atom is -0.492 e. The average Bonchev–Trinajstić information content (AvgIpc) is 2.74. The Hall–Kier alpha value is -2.88. The molecule has 2 rings (SSSR count). The van der Waals surface area contributed by atoms with Gasteiger partial charge in [0.1, 0.15) is 12.4 Å². The Morgan fingerprint density at radius 3 is 2.37 bits per heavy atom. The highest BCUT2D eigenvalue weighted by Gasteiger charge is 2.21. The lowest BCUT2D eigenvalue weighted by Crippen LogP contribution is -2.11. The summed E-state index contributed by atoms with van der Waals surface area (Å²) in [6, 6.07) is 10.2. The molecule has 30 heavy (non-hydrogen) atoms. The zero-order valence-corrected chi connectivity index (χ0v) is 17.9. The Balaban J connectivity index is 2.53. The van der Waals surface area contributed by atoms with Gasteiger partial charge < -0.3 is 18.9 Å². The second-order valence-electron chi connectivity index (χ2n) is 6.86. The quantitative estimate of drug-likeness (QED) is 0.374. The molecule has 0 aromatic heterocycles. The van der Waals surface area contributed by atoms with Gasteiger partial charge in [0.25, 0.3) is 0 Å². The third-order valence-corrected chi connectivity index (χ3v) is 4.52. The van der Waals surface area contributed by atoms with Crippen LogP contribution in [0.1, 0.15) is 30.9 Å². The van der Waals surface area contributed by atoms with Gasteiger partial charge >= 0.3 is 0 Å². The van der Waals surface area contributed by atoms with Crippen molar-refractivity contribution < 1.29 is 23.3 Å². The van der Waals surface area contributed by atoms with Crippen molar-refractivity contribution in [3.63, 3.8) is 0 Å². The lowest BCUT2D eigenvalue weighted by atomic mass is 9.88. The number of hydrogen-bond acceptors (Lipinski definition) is 5. The second-order valence-corrected chi connectivity index (χ2v) is 6.86. The summed E-state index contributed by atoms with van der Waals surface area (Å²) in [5, 5.41) is 9.08. The number of nitrogens with zero attached hydrogens (tertiary/aromatic N) is 1. The van der Waals surface area contributed by atoms with Crippen LogP contribution in [0.3, 0.4) is 0 Å². The minimum absolute atomic E-state index is 0.161. The van der Waals surface area contributed by atoms with Crippen molar-refractivity contribution in [2.75, 3.05) is 40.6 Å². The van der Waals surface area contributed by atoms with Crippen molar-refractivity contribution >= 4 is 6.08 Å². The Morgan fingerprint density at radius 2 is 1.77 bits per heavy atom. The van der Waals surface area contributed by atoms with E-state index in [9.17, 15) is 4.39 Å². The molecule has 0 fully saturated rings. The van der Waals surface area contributed by atoms with Gasteiger partial charge in [-0.1, -0.05) is 26.0 Å². The molecule has 0 aliphatic heterocycles. The molecule has 0 saturated heterocycles. The summed E-state index contributed by atoms with van der Waals surface area (Å²) in [6.45, 7) is 5.90. The summed E-state index contributed by atoms with van der Waals surface area (Å²) < 4.78 is 35.7. The van der Waals surface area contributed by atoms with Crippen LogP contribution in [0, 0.1) is 17.1 Å². The van der Waals surface area contributed by atoms with E-state index in [2.05, 4.69) is 13.8 Å². The Bertz CT molecular complexity index is 886. The molecule has 0 aliphatic carbocycles. The van der Waals surface area contributed by atoms with Gasteiger partial charge in [-0.25, -0.2) is 4.39 Å². The monoisotopic (exact) mass is 413 g/mol. The van der Waals surface area contributed by atoms with Gasteiger partial charge in [0, 0.05) is 18.7 Å². The molecule has 0 N–H and O–H groups in total. The number of rotatable bonds is 11. The Morgan fingerprint density at radius 1 is 1.07 bits per heavy atom. The first kappa shape index (κ1) is 23.4. The van der Waals surface area contributed by atoms with Gasteiger partial charge in [-0.05, 0) is 46.9 Å². The van der Waals surface area contributed by atoms with E-state index in [-0.39, 0.29) is 11.7 Å². The van der Waals surface area contributed by atoms with Gasteiger partial charge in [0.05, 0.1) is 33.0 Å². The Kier molecular flexibility index (Phi) is 9.33. The molecule has 2 aromatic rings. The molecule has 0 radical (unpaired) electrons. The van der Waals surface area contributed by atoms with Gasteiger partial charge in [0.15, 0.2) is 11.5 Å². The van der Waals surface area contributed by atoms with Gasteiger partial charge in [-0.3, -0.25) is 0 Å². The molecule has 160 valence electrons. The summed E-state index contributed by atoms with van der Waals surface area (Å²) in [6.07, 6.45) is 3.19. The van der Waals surface area contributed by atoms with Gasteiger partial charge in [-0.15, -0.1) is 0 Å². The molecule has 0 aliphatic rings. The average molecular weight is 413 g/mol. The summed E-state index contributed by atoms with van der Waals surface area (Å²) in [7, 11) is 3.19. The zero-order valence-electron chi connectivity index (χ0n) is 17.9. The molecular formula is C24H28FNO4. The van der Waals surface area contributed by atoms with Crippen molar-refractivity contribution in [3.8, 4) is 28.7 Å². The van der Waals surface area contributed by atoms with E-state index >= 15 is 0 Å². The normalized spacial score (nSPS) is 11.1. The predicted octanol–water partition coefficient (Wildman–Crippen LogP) is 5.20. The number of hydrogen-bond donors (Lipinski definition) is 0. The molecule has 6 heteroatoms. The lowest BCUT2D eigenvalue weighted by molar-refractivity contribution is 0.0540. The molecule has 0 saturated carbocycles. The highest BCUT2D eigenvalue weighted by atomic mass is 19.1. The summed E-state index contributed by atoms with van der Waals surface area (Å²) in [4.78, 5) is 0. The van der Waals surface area contributed by atoms with Crippen molar-refractivity contribution in [2.45, 2.75) is 19.8 Å². The summed E-state index contributed by atoms with van der Waals surface area (Å²) in [5.74, 6) is 0.941. The van der Waals surface area contributed by atoms with Crippen molar-refractivity contribution in [3.05, 3.63) is 53.4 Å². The SMILES string of the molecule is COCCOCCOc1cc(C(C)C)c(C=CC#N)c(-c2ccc(F)cc2)c1OC. The molecule has 0 unspecified atom stereocenters. The smallest absolute Gasteiger partial charge is 0.169 e. The summed E-state index contributed by atoms with van der Waals surface area (Å²) in [5.41, 5.74) is 3.37. The molecule has 0 heterocycles. The maximum atomic E-state index is 13.5. The van der Waals surface area contributed by atoms with Crippen molar-refractivity contribution in [2.24, 2.45) is 0 Å². The topological polar surface area (TPSA) is 60.7 Å². The fraction of sp³-hybridized carbons (Fsp3) is 0.375. The van der Waals surface area contributed by atoms with E-state index in [0.29, 0.717) is 37.9 Å². The maximum absolute atomic E-state index is 13.5. The van der Waals surface area contributed by atoms with Crippen LogP contribution in [0.2, 0.25) is 0 Å². The Labute approximate surface area is 177 Å².